The highest BCUT2D eigenvalue weighted by molar-refractivity contribution is 7.93. The monoisotopic (exact) mass is 970 g/mol. The summed E-state index contributed by atoms with van der Waals surface area (Å²) in [4.78, 5) is 6.80. The fourth-order valence-electron chi connectivity index (χ4n) is 4.89. The van der Waals surface area contributed by atoms with Gasteiger partial charge in [0.25, 0.3) is 20.0 Å². The summed E-state index contributed by atoms with van der Waals surface area (Å²) in [6.07, 6.45) is -9.09. The number of methoxy groups -OCH3 is 1. The Labute approximate surface area is 363 Å². The van der Waals surface area contributed by atoms with Crippen LogP contribution in [0.3, 0.4) is 0 Å². The SMILES string of the molecule is C.COc1ccc(S(=O)(=O)Nc2cc(C(F)(F)F)ccc2Oc2cncc(Cl)c2)cc1.O=S(=O)(Nc1cc(C(F)(F)F)ccc1Oc1cncc(Cl)c1)c1ccc(C(F)(F)F)cc1. The molecule has 336 valence electrons. The molecule has 0 bridgehead atoms. The van der Waals surface area contributed by atoms with Crippen molar-refractivity contribution in [3.8, 4) is 28.7 Å². The Balaban J connectivity index is 0.000000273. The Hall–Kier alpha value is -5.97. The van der Waals surface area contributed by atoms with E-state index in [-0.39, 0.29) is 45.4 Å². The van der Waals surface area contributed by atoms with Crippen LogP contribution in [0.15, 0.2) is 132 Å². The molecule has 6 aromatic rings. The highest BCUT2D eigenvalue weighted by Gasteiger charge is 2.34. The number of hydrogen-bond acceptors (Lipinski definition) is 9. The van der Waals surface area contributed by atoms with Crippen molar-refractivity contribution in [2.75, 3.05) is 16.6 Å². The summed E-state index contributed by atoms with van der Waals surface area (Å²) in [5, 5.41) is 0.390. The van der Waals surface area contributed by atoms with E-state index >= 15 is 0 Å². The van der Waals surface area contributed by atoms with Crippen molar-refractivity contribution in [3.05, 3.63) is 149 Å². The maximum atomic E-state index is 13.2. The van der Waals surface area contributed by atoms with Crippen molar-refractivity contribution in [2.45, 2.75) is 35.7 Å². The number of rotatable bonds is 11. The van der Waals surface area contributed by atoms with Gasteiger partial charge in [0.2, 0.25) is 0 Å². The second-order valence-corrected chi connectivity index (χ2v) is 16.4. The number of pyridine rings is 2. The minimum Gasteiger partial charge on any atom is -0.497 e. The van der Waals surface area contributed by atoms with Crippen molar-refractivity contribution in [2.24, 2.45) is 0 Å². The number of nitrogens with one attached hydrogen (secondary N) is 2. The molecule has 4 aromatic carbocycles. The first-order valence-corrected chi connectivity index (χ1v) is 20.4. The molecule has 0 fully saturated rings. The van der Waals surface area contributed by atoms with Gasteiger partial charge in [-0.2, -0.15) is 39.5 Å². The lowest BCUT2D eigenvalue weighted by Gasteiger charge is -2.16. The summed E-state index contributed by atoms with van der Waals surface area (Å²) in [6.45, 7) is 0. The lowest BCUT2D eigenvalue weighted by atomic mass is 10.2. The Bertz CT molecular complexity index is 2760. The first-order valence-electron chi connectivity index (χ1n) is 16.7. The standard InChI is InChI=1S/C19H11ClF6N2O3S.C19H14ClF3N2O4S.CH4/c20-13-8-14(10-27-9-13)31-17-6-3-12(19(24,25)26)7-16(17)28-32(29,30)15-4-1-11(2-5-15)18(21,22)23;1-28-14-3-5-16(6-4-14)30(26,27)25-17-8-12(19(21,22)23)2-7-18(17)29-15-9-13(20)10-24-11-15;/h1-10,28H;2-11,25H,1H3;1H4. The molecule has 24 heteroatoms. The molecule has 0 atom stereocenters. The van der Waals surface area contributed by atoms with Crippen molar-refractivity contribution in [1.82, 2.24) is 9.97 Å². The Morgan fingerprint density at radius 2 is 0.841 bits per heavy atom. The summed E-state index contributed by atoms with van der Waals surface area (Å²) in [5.74, 6) is 0.0617. The topological polar surface area (TPSA) is 146 Å². The molecule has 2 aromatic heterocycles. The number of alkyl halides is 9. The van der Waals surface area contributed by atoms with E-state index in [1.165, 1.54) is 68.3 Å². The number of hydrogen-bond donors (Lipinski definition) is 2. The molecule has 6 rings (SSSR count). The van der Waals surface area contributed by atoms with E-state index in [0.717, 1.165) is 18.2 Å². The zero-order chi connectivity index (χ0) is 45.7. The van der Waals surface area contributed by atoms with Gasteiger partial charge in [-0.15, -0.1) is 0 Å². The van der Waals surface area contributed by atoms with Crippen molar-refractivity contribution >= 4 is 54.6 Å². The summed E-state index contributed by atoms with van der Waals surface area (Å²) >= 11 is 11.6. The van der Waals surface area contributed by atoms with Gasteiger partial charge in [-0.05, 0) is 84.9 Å². The Morgan fingerprint density at radius 1 is 0.492 bits per heavy atom. The number of nitrogens with zero attached hydrogens (tertiary/aromatic N) is 2. The van der Waals surface area contributed by atoms with Gasteiger partial charge in [0.15, 0.2) is 11.5 Å². The van der Waals surface area contributed by atoms with E-state index in [0.29, 0.717) is 48.2 Å². The van der Waals surface area contributed by atoms with Gasteiger partial charge in [-0.3, -0.25) is 19.4 Å². The Kier molecular flexibility index (Phi) is 15.5. The molecule has 2 heterocycles. The minimum atomic E-state index is -4.80. The van der Waals surface area contributed by atoms with Crippen LogP contribution in [-0.2, 0) is 38.6 Å². The van der Waals surface area contributed by atoms with Crippen LogP contribution in [0.2, 0.25) is 10.0 Å². The smallest absolute Gasteiger partial charge is 0.416 e. The number of ether oxygens (including phenoxy) is 3. The van der Waals surface area contributed by atoms with E-state index in [1.54, 1.807) is 0 Å². The van der Waals surface area contributed by atoms with Crippen LogP contribution < -0.4 is 23.7 Å². The number of halogens is 11. The minimum absolute atomic E-state index is 0. The number of anilines is 2. The third kappa shape index (κ3) is 13.5. The van der Waals surface area contributed by atoms with Crippen molar-refractivity contribution < 1.29 is 70.6 Å². The molecule has 0 amide bonds. The van der Waals surface area contributed by atoms with Crippen molar-refractivity contribution in [3.63, 3.8) is 0 Å². The molecule has 2 N–H and O–H groups in total. The van der Waals surface area contributed by atoms with E-state index in [2.05, 4.69) is 14.7 Å². The van der Waals surface area contributed by atoms with E-state index in [9.17, 15) is 56.3 Å². The molecule has 0 saturated heterocycles. The molecular weight excluding hydrogens is 942 g/mol. The molecule has 0 aliphatic rings. The summed E-state index contributed by atoms with van der Waals surface area (Å²) in [6, 6.07) is 14.9. The molecular formula is C39H29Cl2F9N4O7S2. The lowest BCUT2D eigenvalue weighted by molar-refractivity contribution is -0.138. The number of benzene rings is 4. The number of aromatic nitrogens is 2. The van der Waals surface area contributed by atoms with Gasteiger partial charge < -0.3 is 14.2 Å². The van der Waals surface area contributed by atoms with Gasteiger partial charge in [-0.25, -0.2) is 16.8 Å². The summed E-state index contributed by atoms with van der Waals surface area (Å²) < 4.78 is 188. The van der Waals surface area contributed by atoms with E-state index in [4.69, 9.17) is 37.4 Å². The molecule has 0 aliphatic carbocycles. The largest absolute Gasteiger partial charge is 0.497 e. The van der Waals surface area contributed by atoms with Crippen LogP contribution in [0.5, 0.6) is 28.7 Å². The quantitative estimate of drug-likeness (QED) is 0.121. The van der Waals surface area contributed by atoms with Gasteiger partial charge in [0, 0.05) is 24.5 Å². The first kappa shape index (κ1) is 49.7. The predicted octanol–water partition coefficient (Wildman–Crippen LogP) is 12.4. The second kappa shape index (κ2) is 19.6. The molecule has 11 nitrogen and oxygen atoms in total. The summed E-state index contributed by atoms with van der Waals surface area (Å²) in [5.41, 5.74) is -4.32. The van der Waals surface area contributed by atoms with Crippen LogP contribution in [0.1, 0.15) is 24.1 Å². The lowest BCUT2D eigenvalue weighted by Crippen LogP contribution is -2.15. The second-order valence-electron chi connectivity index (χ2n) is 12.2. The molecule has 0 saturated carbocycles. The van der Waals surface area contributed by atoms with Gasteiger partial charge in [0.1, 0.15) is 17.2 Å². The van der Waals surface area contributed by atoms with Crippen LogP contribution in [-0.4, -0.2) is 33.9 Å². The van der Waals surface area contributed by atoms with Crippen LogP contribution in [0.25, 0.3) is 0 Å². The molecule has 0 spiro atoms. The molecule has 0 aliphatic heterocycles. The van der Waals surface area contributed by atoms with Crippen molar-refractivity contribution in [1.29, 1.82) is 0 Å². The average molecular weight is 972 g/mol. The summed E-state index contributed by atoms with van der Waals surface area (Å²) in [7, 11) is -7.37. The van der Waals surface area contributed by atoms with Crippen LogP contribution >= 0.6 is 23.2 Å². The third-order valence-electron chi connectivity index (χ3n) is 7.78. The third-order valence-corrected chi connectivity index (χ3v) is 11.0. The highest BCUT2D eigenvalue weighted by atomic mass is 35.5. The predicted molar refractivity (Wildman–Crippen MR) is 214 cm³/mol. The average Bonchev–Trinajstić information content (AvgIpc) is 3.18. The zero-order valence-corrected chi connectivity index (χ0v) is 33.9. The fourth-order valence-corrected chi connectivity index (χ4v) is 7.34. The molecule has 0 radical (unpaired) electrons. The van der Waals surface area contributed by atoms with Gasteiger partial charge in [0.05, 0.1) is 67.4 Å². The fraction of sp³-hybridized carbons (Fsp3) is 0.128. The molecule has 0 unspecified atom stereocenters. The number of sulfonamides is 2. The Morgan fingerprint density at radius 3 is 1.17 bits per heavy atom. The first-order chi connectivity index (χ1) is 28.8. The van der Waals surface area contributed by atoms with E-state index < -0.39 is 71.5 Å². The normalized spacial score (nSPS) is 11.9. The zero-order valence-electron chi connectivity index (χ0n) is 30.8. The van der Waals surface area contributed by atoms with Gasteiger partial charge in [-0.1, -0.05) is 30.6 Å². The maximum Gasteiger partial charge on any atom is 0.416 e. The van der Waals surface area contributed by atoms with Gasteiger partial charge >= 0.3 is 18.5 Å². The highest BCUT2D eigenvalue weighted by Crippen LogP contribution is 2.40. The van der Waals surface area contributed by atoms with Crippen LogP contribution in [0.4, 0.5) is 50.9 Å². The van der Waals surface area contributed by atoms with Crippen LogP contribution in [0, 0.1) is 0 Å². The van der Waals surface area contributed by atoms with E-state index in [1.807, 2.05) is 4.72 Å². The molecule has 63 heavy (non-hydrogen) atoms. The maximum absolute atomic E-state index is 13.2.